The number of furan rings is 1. The van der Waals surface area contributed by atoms with Crippen LogP contribution in [-0.2, 0) is 6.54 Å². The Labute approximate surface area is 187 Å². The maximum Gasteiger partial charge on any atom is 0.289 e. The molecule has 3 aromatic heterocycles. The van der Waals surface area contributed by atoms with Gasteiger partial charge in [-0.2, -0.15) is 19.6 Å². The normalized spacial score (nSPS) is 14.4. The SMILES string of the molecule is CC(C)c1cnn2c(NCc3ccccc3-c3ccco3)nc(O[C-]3CCCNC3)nc12.[Lr]. The number of hydrogen-bond acceptors (Lipinski definition) is 7. The molecule has 4 aromatic rings. The quantitative estimate of drug-likeness (QED) is 0.278. The van der Waals surface area contributed by atoms with Gasteiger partial charge in [0.1, 0.15) is 5.76 Å². The van der Waals surface area contributed by atoms with Gasteiger partial charge in [-0.3, -0.25) is 0 Å². The summed E-state index contributed by atoms with van der Waals surface area (Å²) in [7, 11) is 0. The second kappa shape index (κ2) is 9.40. The van der Waals surface area contributed by atoms with E-state index in [9.17, 15) is 0 Å². The first kappa shape index (κ1) is 21.8. The molecular weight excluding hydrogens is 666 g/mol. The molecule has 1 aromatic carbocycles. The van der Waals surface area contributed by atoms with E-state index in [0.29, 0.717) is 18.5 Å². The van der Waals surface area contributed by atoms with Crippen molar-refractivity contribution in [2.24, 2.45) is 0 Å². The van der Waals surface area contributed by atoms with Gasteiger partial charge in [-0.25, -0.2) is 0 Å². The summed E-state index contributed by atoms with van der Waals surface area (Å²) in [5, 5.41) is 11.3. The molecule has 1 aliphatic rings. The average Bonchev–Trinajstić information content (AvgIpc) is 3.49. The van der Waals surface area contributed by atoms with Crippen LogP contribution in [0.3, 0.4) is 0 Å². The maximum absolute atomic E-state index is 6.08. The molecule has 1 saturated heterocycles. The Morgan fingerprint density at radius 2 is 2.09 bits per heavy atom. The molecule has 8 nitrogen and oxygen atoms in total. The zero-order valence-corrected chi connectivity index (χ0v) is 20.7. The number of aromatic nitrogens is 4. The van der Waals surface area contributed by atoms with Crippen molar-refractivity contribution in [3.63, 3.8) is 0 Å². The Hall–Kier alpha value is -4.39. The Bertz CT molecular complexity index is 1190. The largest absolute Gasteiger partial charge is 0.630 e. The average molecular weight is 694 g/mol. The molecule has 0 saturated carbocycles. The smallest absolute Gasteiger partial charge is 0.289 e. The molecule has 9 heteroatoms. The van der Waals surface area contributed by atoms with E-state index in [1.54, 1.807) is 10.8 Å². The molecular formula is C24H27LrN6O2-. The van der Waals surface area contributed by atoms with Crippen LogP contribution in [0.1, 0.15) is 43.7 Å². The predicted molar refractivity (Wildman–Crippen MR) is 122 cm³/mol. The van der Waals surface area contributed by atoms with E-state index in [2.05, 4.69) is 51.7 Å². The van der Waals surface area contributed by atoms with Crippen molar-refractivity contribution in [3.05, 3.63) is 66.1 Å². The zero-order valence-electron chi connectivity index (χ0n) is 18.6. The number of anilines is 1. The van der Waals surface area contributed by atoms with Crippen molar-refractivity contribution in [2.75, 3.05) is 18.4 Å². The van der Waals surface area contributed by atoms with E-state index < -0.39 is 0 Å². The summed E-state index contributed by atoms with van der Waals surface area (Å²) in [5.74, 6) is 1.71. The van der Waals surface area contributed by atoms with Crippen LogP contribution in [0.5, 0.6) is 6.01 Å². The van der Waals surface area contributed by atoms with Gasteiger partial charge in [0.25, 0.3) is 6.01 Å². The van der Waals surface area contributed by atoms with Gasteiger partial charge >= 0.3 is 0 Å². The van der Waals surface area contributed by atoms with Crippen LogP contribution in [0.2, 0.25) is 0 Å². The first-order valence-corrected chi connectivity index (χ1v) is 11.0. The maximum atomic E-state index is 6.08. The van der Waals surface area contributed by atoms with E-state index >= 15 is 0 Å². The number of rotatable bonds is 7. The second-order valence-corrected chi connectivity index (χ2v) is 8.23. The summed E-state index contributed by atoms with van der Waals surface area (Å²) in [5.41, 5.74) is 3.96. The molecule has 181 valence electrons. The summed E-state index contributed by atoms with van der Waals surface area (Å²) in [6, 6.07) is 12.4. The second-order valence-electron chi connectivity index (χ2n) is 8.23. The first-order chi connectivity index (χ1) is 15.7. The summed E-state index contributed by atoms with van der Waals surface area (Å²) < 4.78 is 13.4. The van der Waals surface area contributed by atoms with Crippen LogP contribution >= 0.6 is 0 Å². The van der Waals surface area contributed by atoms with E-state index in [1.165, 1.54) is 0 Å². The number of benzene rings is 1. The Kier molecular flexibility index (Phi) is 6.22. The van der Waals surface area contributed by atoms with E-state index in [1.807, 2.05) is 30.5 Å². The Balaban J connectivity index is 0.00000259. The van der Waals surface area contributed by atoms with Crippen LogP contribution in [-0.4, -0.2) is 32.7 Å². The molecule has 4 heterocycles. The molecule has 1 aliphatic heterocycles. The molecule has 1 radical (unpaired) electrons. The Morgan fingerprint density at radius 1 is 1.21 bits per heavy atom. The molecule has 33 heavy (non-hydrogen) atoms. The van der Waals surface area contributed by atoms with Gasteiger partial charge in [0, 0.05) is 17.7 Å². The number of piperidine rings is 1. The minimum absolute atomic E-state index is 0. The molecule has 0 aliphatic carbocycles. The van der Waals surface area contributed by atoms with Crippen molar-refractivity contribution in [3.8, 4) is 17.3 Å². The topological polar surface area (TPSA) is 89.5 Å². The van der Waals surface area contributed by atoms with Gasteiger partial charge in [0.2, 0.25) is 5.95 Å². The molecule has 0 bridgehead atoms. The molecule has 0 amide bonds. The van der Waals surface area contributed by atoms with Gasteiger partial charge in [-0.15, -0.1) is 12.5 Å². The number of fused-ring (bicyclic) bond motifs is 1. The number of hydrogen-bond donors (Lipinski definition) is 2. The molecule has 5 rings (SSSR count). The van der Waals surface area contributed by atoms with Crippen molar-refractivity contribution in [1.82, 2.24) is 24.9 Å². The number of ether oxygens (including phenoxy) is 1. The fourth-order valence-electron chi connectivity index (χ4n) is 3.91. The summed E-state index contributed by atoms with van der Waals surface area (Å²) in [4.78, 5) is 9.35. The van der Waals surface area contributed by atoms with E-state index in [-0.39, 0.29) is 5.92 Å². The fourth-order valence-corrected chi connectivity index (χ4v) is 3.91. The van der Waals surface area contributed by atoms with Crippen LogP contribution in [0.25, 0.3) is 17.0 Å². The van der Waals surface area contributed by atoms with E-state index in [4.69, 9.17) is 9.15 Å². The summed E-state index contributed by atoms with van der Waals surface area (Å²) >= 11 is 0. The predicted octanol–water partition coefficient (Wildman–Crippen LogP) is 4.41. The number of nitrogens with zero attached hydrogens (tertiary/aromatic N) is 4. The molecule has 0 spiro atoms. The van der Waals surface area contributed by atoms with Crippen LogP contribution < -0.4 is 15.4 Å². The third kappa shape index (κ3) is 4.48. The zero-order chi connectivity index (χ0) is 21.9. The summed E-state index contributed by atoms with van der Waals surface area (Å²) in [6.45, 7) is 6.55. The minimum atomic E-state index is 0. The van der Waals surface area contributed by atoms with Gasteiger partial charge in [-0.05, 0) is 30.2 Å². The third-order valence-electron chi connectivity index (χ3n) is 5.60. The van der Waals surface area contributed by atoms with E-state index in [0.717, 1.165) is 60.1 Å². The monoisotopic (exact) mass is 693 g/mol. The van der Waals surface area contributed by atoms with Crippen LogP contribution in [0.15, 0.2) is 53.3 Å². The van der Waals surface area contributed by atoms with Gasteiger partial charge in [0.15, 0.2) is 5.65 Å². The standard InChI is InChI=1S/C24H27N6O2.Lr/c1-16(2)20-15-27-30-22(20)28-24(32-18-8-5-11-25-14-18)29-23(30)26-13-17-7-3-4-9-19(17)21-10-6-12-31-21;/h3-4,6-7,9-10,12,15-16,25H,5,8,11,13-14H2,1-2H3,(H,26,28,29);/q-1;. The molecule has 1 fully saturated rings. The molecule has 2 N–H and O–H groups in total. The fraction of sp³-hybridized carbons (Fsp3) is 0.333. The van der Waals surface area contributed by atoms with Gasteiger partial charge in [0.05, 0.1) is 12.5 Å². The molecule has 0 atom stereocenters. The van der Waals surface area contributed by atoms with Crippen molar-refractivity contribution < 1.29 is 9.15 Å². The first-order valence-electron chi connectivity index (χ1n) is 11.0. The summed E-state index contributed by atoms with van der Waals surface area (Å²) in [6.07, 6.45) is 6.47. The van der Waals surface area contributed by atoms with Crippen molar-refractivity contribution in [1.29, 1.82) is 0 Å². The van der Waals surface area contributed by atoms with Crippen LogP contribution in [0.4, 0.5) is 5.95 Å². The Morgan fingerprint density at radius 3 is 2.85 bits per heavy atom. The third-order valence-corrected chi connectivity index (χ3v) is 5.60. The number of nitrogens with one attached hydrogen (secondary N) is 2. The van der Waals surface area contributed by atoms with Crippen molar-refractivity contribution >= 4 is 11.6 Å². The van der Waals surface area contributed by atoms with Crippen molar-refractivity contribution in [2.45, 2.75) is 39.2 Å². The van der Waals surface area contributed by atoms with Gasteiger partial charge < -0.3 is 19.8 Å². The molecule has 0 unspecified atom stereocenters. The van der Waals surface area contributed by atoms with Gasteiger partial charge in [-0.1, -0.05) is 51.1 Å². The minimum Gasteiger partial charge on any atom is -0.630 e. The van der Waals surface area contributed by atoms with Crippen LogP contribution in [0, 0.1) is 6.10 Å².